The average Bonchev–Trinajstić information content (AvgIpc) is 2.57. The number of hydrogen-bond acceptors (Lipinski definition) is 2. The molecule has 108 valence electrons. The fourth-order valence-electron chi connectivity index (χ4n) is 2.51. The molecule has 0 aromatic heterocycles. The van der Waals surface area contributed by atoms with Crippen LogP contribution in [0.3, 0.4) is 0 Å². The first-order chi connectivity index (χ1) is 8.63. The minimum Gasteiger partial charge on any atom is -0.361 e. The van der Waals surface area contributed by atoms with E-state index in [1.165, 1.54) is 0 Å². The summed E-state index contributed by atoms with van der Waals surface area (Å²) in [7, 11) is 0. The van der Waals surface area contributed by atoms with Gasteiger partial charge in [0.15, 0.2) is 9.45 Å². The molecule has 3 nitrogen and oxygen atoms in total. The van der Waals surface area contributed by atoms with Gasteiger partial charge in [0.05, 0.1) is 10.1 Å². The number of halogens is 6. The van der Waals surface area contributed by atoms with E-state index in [2.05, 4.69) is 10.7 Å². The molecule has 1 fully saturated rings. The van der Waals surface area contributed by atoms with Crippen LogP contribution in [-0.2, 0) is 0 Å². The van der Waals surface area contributed by atoms with Gasteiger partial charge in [0, 0.05) is 12.5 Å². The molecule has 0 amide bonds. The summed E-state index contributed by atoms with van der Waals surface area (Å²) in [5, 5.41) is 3.54. The maximum absolute atomic E-state index is 6.56. The Balaban J connectivity index is 2.31. The minimum absolute atomic E-state index is 0.181. The zero-order valence-corrected chi connectivity index (χ0v) is 14.6. The highest BCUT2D eigenvalue weighted by atomic mass is 35.5. The van der Waals surface area contributed by atoms with Gasteiger partial charge >= 0.3 is 0 Å². The molecule has 0 radical (unpaired) electrons. The van der Waals surface area contributed by atoms with Gasteiger partial charge in [-0.3, -0.25) is 0 Å². The van der Waals surface area contributed by atoms with Crippen LogP contribution in [0.4, 0.5) is 0 Å². The molecule has 0 spiro atoms. The quantitative estimate of drug-likeness (QED) is 0.287. The Bertz CT molecular complexity index is 469. The summed E-state index contributed by atoms with van der Waals surface area (Å²) < 4.78 is -1.50. The Morgan fingerprint density at radius 3 is 2.26 bits per heavy atom. The van der Waals surface area contributed by atoms with Gasteiger partial charge in [-0.05, 0) is 18.6 Å². The smallest absolute Gasteiger partial charge is 0.180 e. The van der Waals surface area contributed by atoms with Crippen molar-refractivity contribution in [2.75, 3.05) is 6.54 Å². The van der Waals surface area contributed by atoms with Crippen molar-refractivity contribution in [2.45, 2.75) is 20.5 Å². The predicted molar refractivity (Wildman–Crippen MR) is 86.4 cm³/mol. The lowest BCUT2D eigenvalue weighted by Crippen LogP contribution is -2.48. The van der Waals surface area contributed by atoms with Crippen LogP contribution in [0.15, 0.2) is 10.1 Å². The van der Waals surface area contributed by atoms with Gasteiger partial charge in [-0.2, -0.15) is 0 Å². The van der Waals surface area contributed by atoms with Crippen LogP contribution in [0.1, 0.15) is 6.42 Å². The minimum atomic E-state index is -1.50. The van der Waals surface area contributed by atoms with Crippen molar-refractivity contribution < 1.29 is 0 Å². The lowest BCUT2D eigenvalue weighted by molar-refractivity contribution is 0.457. The predicted octanol–water partition coefficient (Wildman–Crippen LogP) is 3.18. The van der Waals surface area contributed by atoms with E-state index in [9.17, 15) is 0 Å². The van der Waals surface area contributed by atoms with Crippen LogP contribution in [0.25, 0.3) is 0 Å². The monoisotopic (exact) mass is 401 g/mol. The summed E-state index contributed by atoms with van der Waals surface area (Å²) in [6.45, 7) is 0.364. The normalized spacial score (nSPS) is 39.6. The second kappa shape index (κ2) is 5.10. The number of fused-ring (bicyclic) bond motifs is 2. The Hall–Kier alpha value is 1.13. The molecule has 0 aliphatic heterocycles. The number of rotatable bonds is 2. The van der Waals surface area contributed by atoms with Gasteiger partial charge < -0.3 is 10.7 Å². The lowest BCUT2D eigenvalue weighted by Gasteiger charge is -2.34. The fourth-order valence-corrected chi connectivity index (χ4v) is 5.44. The third-order valence-electron chi connectivity index (χ3n) is 3.55. The maximum atomic E-state index is 6.56. The van der Waals surface area contributed by atoms with Gasteiger partial charge in [0.2, 0.25) is 0 Å². The number of hydrazine groups is 1. The molecule has 2 bridgehead atoms. The number of nitrogens with two attached hydrogens (primary N) is 1. The highest BCUT2D eigenvalue weighted by molar-refractivity contribution is 7.80. The highest BCUT2D eigenvalue weighted by Gasteiger charge is 2.78. The van der Waals surface area contributed by atoms with Crippen LogP contribution in [0.2, 0.25) is 0 Å². The first-order valence-corrected chi connectivity index (χ1v) is 7.87. The molecule has 0 aromatic rings. The summed E-state index contributed by atoms with van der Waals surface area (Å²) in [4.78, 5) is -2.45. The van der Waals surface area contributed by atoms with Crippen LogP contribution >= 0.6 is 81.8 Å². The molecule has 0 aromatic carbocycles. The summed E-state index contributed by atoms with van der Waals surface area (Å²) >= 11 is 42.9. The molecule has 1 saturated carbocycles. The summed E-state index contributed by atoms with van der Waals surface area (Å²) in [6.07, 6.45) is 0.375. The zero-order chi connectivity index (χ0) is 14.6. The van der Waals surface area contributed by atoms with Crippen molar-refractivity contribution in [3.05, 3.63) is 10.1 Å². The second-order valence-corrected chi connectivity index (χ2v) is 8.20. The molecule has 0 saturated heterocycles. The molecule has 4 N–H and O–H groups in total. The molecule has 19 heavy (non-hydrogen) atoms. The van der Waals surface area contributed by atoms with Gasteiger partial charge in [0.1, 0.15) is 9.75 Å². The Morgan fingerprint density at radius 1 is 1.26 bits per heavy atom. The molecule has 2 aliphatic rings. The van der Waals surface area contributed by atoms with E-state index in [-0.39, 0.29) is 21.1 Å². The molecule has 2 rings (SSSR count). The topological polar surface area (TPSA) is 50.1 Å². The second-order valence-electron chi connectivity index (χ2n) is 4.47. The molecule has 10 heteroatoms. The first kappa shape index (κ1) is 16.5. The Kier molecular flexibility index (Phi) is 4.42. The van der Waals surface area contributed by atoms with E-state index in [1.54, 1.807) is 0 Å². The van der Waals surface area contributed by atoms with E-state index in [0.29, 0.717) is 13.0 Å². The van der Waals surface area contributed by atoms with Crippen LogP contribution in [0, 0.1) is 5.92 Å². The highest BCUT2D eigenvalue weighted by Crippen LogP contribution is 2.74. The SMILES string of the molecule is NNC(=S)NCC1CC2(Cl)C(Cl)=C(Cl)C1(Cl)C2(Cl)Cl. The Morgan fingerprint density at radius 2 is 1.84 bits per heavy atom. The van der Waals surface area contributed by atoms with E-state index in [0.717, 1.165) is 0 Å². The number of thiocarbonyl (C=S) groups is 1. The first-order valence-electron chi connectivity index (χ1n) is 5.19. The molecule has 3 atom stereocenters. The van der Waals surface area contributed by atoms with Gasteiger partial charge in [-0.15, -0.1) is 23.2 Å². The summed E-state index contributed by atoms with van der Waals surface area (Å²) in [6, 6.07) is 0. The summed E-state index contributed by atoms with van der Waals surface area (Å²) in [5.41, 5.74) is 2.30. The number of hydrogen-bond donors (Lipinski definition) is 3. The summed E-state index contributed by atoms with van der Waals surface area (Å²) in [5.74, 6) is 4.93. The van der Waals surface area contributed by atoms with Crippen LogP contribution in [-0.4, -0.2) is 25.7 Å². The fraction of sp³-hybridized carbons (Fsp3) is 0.667. The largest absolute Gasteiger partial charge is 0.361 e. The number of nitrogens with one attached hydrogen (secondary N) is 2. The molecule has 2 aliphatic carbocycles. The molecular weight excluding hydrogens is 395 g/mol. The van der Waals surface area contributed by atoms with E-state index < -0.39 is 14.1 Å². The van der Waals surface area contributed by atoms with E-state index in [4.69, 9.17) is 87.7 Å². The van der Waals surface area contributed by atoms with Gasteiger partial charge in [-0.25, -0.2) is 5.84 Å². The average molecular weight is 404 g/mol. The molecular formula is C9H9Cl6N3S. The number of allylic oxidation sites excluding steroid dienone is 2. The van der Waals surface area contributed by atoms with Crippen molar-refractivity contribution in [3.63, 3.8) is 0 Å². The molecule has 0 heterocycles. The van der Waals surface area contributed by atoms with Crippen molar-refractivity contribution >= 4 is 86.9 Å². The van der Waals surface area contributed by atoms with Crippen LogP contribution < -0.4 is 16.6 Å². The van der Waals surface area contributed by atoms with Crippen molar-refractivity contribution in [3.8, 4) is 0 Å². The van der Waals surface area contributed by atoms with Crippen molar-refractivity contribution in [1.29, 1.82) is 0 Å². The zero-order valence-electron chi connectivity index (χ0n) is 9.24. The lowest BCUT2D eigenvalue weighted by atomic mass is 9.92. The standard InChI is InChI=1S/C9H9Cl6N3S/c10-4-5(11)8(13)3(2-17-6(19)18-16)1-7(4,12)9(8,14)15/h3H,1-2,16H2,(H2,17,18,19). The maximum Gasteiger partial charge on any atom is 0.180 e. The van der Waals surface area contributed by atoms with Gasteiger partial charge in [0.25, 0.3) is 0 Å². The third kappa shape index (κ3) is 1.99. The van der Waals surface area contributed by atoms with Crippen LogP contribution in [0.5, 0.6) is 0 Å². The van der Waals surface area contributed by atoms with E-state index >= 15 is 0 Å². The Labute approximate surface area is 146 Å². The third-order valence-corrected chi connectivity index (χ3v) is 8.13. The molecule has 3 unspecified atom stereocenters. The number of alkyl halides is 4. The van der Waals surface area contributed by atoms with Crippen molar-refractivity contribution in [1.82, 2.24) is 10.7 Å². The van der Waals surface area contributed by atoms with Gasteiger partial charge in [-0.1, -0.05) is 46.4 Å². The van der Waals surface area contributed by atoms with Crippen molar-refractivity contribution in [2.24, 2.45) is 11.8 Å². The van der Waals surface area contributed by atoms with E-state index in [1.807, 2.05) is 0 Å².